The van der Waals surface area contributed by atoms with Crippen LogP contribution in [0.1, 0.15) is 5.56 Å². The predicted octanol–water partition coefficient (Wildman–Crippen LogP) is 11.7. The highest BCUT2D eigenvalue weighted by molar-refractivity contribution is 7.91. The van der Waals surface area contributed by atoms with Crippen LogP contribution in [0.3, 0.4) is 0 Å². The van der Waals surface area contributed by atoms with E-state index in [1.165, 1.54) is 29.7 Å². The van der Waals surface area contributed by atoms with Crippen molar-refractivity contribution in [3.05, 3.63) is 188 Å². The largest absolute Gasteiger partial charge is 0.309 e. The van der Waals surface area contributed by atoms with Crippen LogP contribution in [-0.2, 0) is 9.84 Å². The molecule has 0 atom stereocenters. The number of rotatable bonds is 5. The Hall–Kier alpha value is -7.40. The average molecular weight is 739 g/mol. The Labute approximate surface area is 321 Å². The van der Waals surface area contributed by atoms with Crippen molar-refractivity contribution in [3.8, 4) is 23.1 Å². The molecule has 0 unspecified atom stereocenters. The fraction of sp³-hybridized carbons (Fsp3) is 0. The molecule has 56 heavy (non-hydrogen) atoms. The third kappa shape index (κ3) is 4.57. The van der Waals surface area contributed by atoms with Gasteiger partial charge in [-0.25, -0.2) is 8.42 Å². The lowest BCUT2D eigenvalue weighted by Crippen LogP contribution is -2.03. The summed E-state index contributed by atoms with van der Waals surface area (Å²) in [5, 5.41) is 16.1. The molecule has 0 N–H and O–H groups in total. The van der Waals surface area contributed by atoms with Gasteiger partial charge in [0.15, 0.2) is 0 Å². The van der Waals surface area contributed by atoms with Crippen LogP contribution in [-0.4, -0.2) is 22.1 Å². The highest BCUT2D eigenvalue weighted by atomic mass is 32.2. The summed E-state index contributed by atoms with van der Waals surface area (Å²) in [4.78, 5) is 0.330. The van der Waals surface area contributed by atoms with Gasteiger partial charge in [-0.2, -0.15) is 5.26 Å². The summed E-state index contributed by atoms with van der Waals surface area (Å²) in [5.74, 6) is 0. The van der Waals surface area contributed by atoms with Gasteiger partial charge in [0.1, 0.15) is 0 Å². The molecule has 0 radical (unpaired) electrons. The molecule has 0 aliphatic carbocycles. The first-order valence-electron chi connectivity index (χ1n) is 18.4. The van der Waals surface area contributed by atoms with Gasteiger partial charge in [0, 0.05) is 49.4 Å². The number of nitriles is 1. The molecule has 0 amide bonds. The molecule has 11 rings (SSSR count). The lowest BCUT2D eigenvalue weighted by atomic mass is 10.1. The fourth-order valence-electron chi connectivity index (χ4n) is 8.61. The second kappa shape index (κ2) is 12.1. The Balaban J connectivity index is 1.26. The van der Waals surface area contributed by atoms with Crippen molar-refractivity contribution in [2.24, 2.45) is 0 Å². The SMILES string of the molecule is N#Cc1ccc(S(=O)(=O)c2ccc(-n3c4cc5c(cc4c4ccc6c(c7ccccc7n6-c6ccccc6)c43)c3ccccc3n5-c3ccccc3)cc2)cc1. The topological polar surface area (TPSA) is 72.7 Å². The van der Waals surface area contributed by atoms with E-state index in [9.17, 15) is 13.7 Å². The molecule has 0 fully saturated rings. The zero-order valence-electron chi connectivity index (χ0n) is 29.8. The molecule has 8 aromatic carbocycles. The smallest absolute Gasteiger partial charge is 0.206 e. The van der Waals surface area contributed by atoms with Crippen molar-refractivity contribution in [1.29, 1.82) is 5.26 Å². The van der Waals surface area contributed by atoms with Gasteiger partial charge >= 0.3 is 0 Å². The van der Waals surface area contributed by atoms with Crippen LogP contribution in [0.2, 0.25) is 0 Å². The second-order valence-corrected chi connectivity index (χ2v) is 16.0. The normalized spacial score (nSPS) is 12.1. The van der Waals surface area contributed by atoms with Crippen LogP contribution in [0.4, 0.5) is 0 Å². The van der Waals surface area contributed by atoms with E-state index in [0.29, 0.717) is 5.56 Å². The highest BCUT2D eigenvalue weighted by Crippen LogP contribution is 2.44. The number of fused-ring (bicyclic) bond motifs is 10. The first-order valence-corrected chi connectivity index (χ1v) is 19.9. The van der Waals surface area contributed by atoms with Gasteiger partial charge in [-0.05, 0) is 103 Å². The van der Waals surface area contributed by atoms with Gasteiger partial charge in [-0.1, -0.05) is 78.9 Å². The molecule has 0 aliphatic rings. The van der Waals surface area contributed by atoms with Crippen molar-refractivity contribution in [3.63, 3.8) is 0 Å². The van der Waals surface area contributed by atoms with Gasteiger partial charge in [-0.3, -0.25) is 0 Å². The van der Waals surface area contributed by atoms with Crippen LogP contribution >= 0.6 is 0 Å². The summed E-state index contributed by atoms with van der Waals surface area (Å²) in [6.07, 6.45) is 0. The van der Waals surface area contributed by atoms with E-state index in [2.05, 4.69) is 141 Å². The van der Waals surface area contributed by atoms with Crippen LogP contribution in [0, 0.1) is 11.3 Å². The first kappa shape index (κ1) is 32.1. The Morgan fingerprint density at radius 3 is 1.54 bits per heavy atom. The summed E-state index contributed by atoms with van der Waals surface area (Å²) in [6.45, 7) is 0. The van der Waals surface area contributed by atoms with Gasteiger partial charge in [0.2, 0.25) is 9.84 Å². The third-order valence-corrected chi connectivity index (χ3v) is 12.9. The molecule has 0 aliphatic heterocycles. The van der Waals surface area contributed by atoms with Gasteiger partial charge in [0.25, 0.3) is 0 Å². The number of hydrogen-bond acceptors (Lipinski definition) is 3. The molecule has 3 aromatic heterocycles. The number of aromatic nitrogens is 3. The van der Waals surface area contributed by atoms with Crippen molar-refractivity contribution in [2.75, 3.05) is 0 Å². The summed E-state index contributed by atoms with van der Waals surface area (Å²) in [6, 6.07) is 62.4. The van der Waals surface area contributed by atoms with Crippen molar-refractivity contribution >= 4 is 75.3 Å². The number of benzene rings is 8. The molecule has 0 saturated carbocycles. The minimum absolute atomic E-state index is 0.146. The molecular formula is C49H30N4O2S. The van der Waals surface area contributed by atoms with Crippen LogP contribution in [0.5, 0.6) is 0 Å². The second-order valence-electron chi connectivity index (χ2n) is 14.1. The van der Waals surface area contributed by atoms with Gasteiger partial charge < -0.3 is 13.7 Å². The zero-order valence-corrected chi connectivity index (χ0v) is 30.7. The summed E-state index contributed by atoms with van der Waals surface area (Å²) in [7, 11) is -3.83. The number of nitrogens with zero attached hydrogens (tertiary/aromatic N) is 4. The molecule has 11 aromatic rings. The molecule has 7 heteroatoms. The third-order valence-electron chi connectivity index (χ3n) is 11.1. The maximum Gasteiger partial charge on any atom is 0.206 e. The molecular weight excluding hydrogens is 709 g/mol. The average Bonchev–Trinajstić information content (AvgIpc) is 3.88. The molecule has 0 saturated heterocycles. The van der Waals surface area contributed by atoms with E-state index in [0.717, 1.165) is 77.1 Å². The van der Waals surface area contributed by atoms with Crippen molar-refractivity contribution < 1.29 is 8.42 Å². The van der Waals surface area contributed by atoms with E-state index in [-0.39, 0.29) is 9.79 Å². The maximum atomic E-state index is 13.8. The minimum Gasteiger partial charge on any atom is -0.309 e. The van der Waals surface area contributed by atoms with Crippen molar-refractivity contribution in [2.45, 2.75) is 9.79 Å². The summed E-state index contributed by atoms with van der Waals surface area (Å²) < 4.78 is 34.6. The molecule has 6 nitrogen and oxygen atoms in total. The van der Waals surface area contributed by atoms with E-state index in [1.807, 2.05) is 24.3 Å². The number of para-hydroxylation sites is 4. The number of sulfone groups is 1. The minimum atomic E-state index is -3.83. The molecule has 3 heterocycles. The van der Waals surface area contributed by atoms with Crippen LogP contribution in [0.25, 0.3) is 82.5 Å². The van der Waals surface area contributed by atoms with Crippen molar-refractivity contribution in [1.82, 2.24) is 13.7 Å². The zero-order chi connectivity index (χ0) is 37.5. The monoisotopic (exact) mass is 738 g/mol. The van der Waals surface area contributed by atoms with Gasteiger partial charge in [-0.15, -0.1) is 0 Å². The summed E-state index contributed by atoms with van der Waals surface area (Å²) in [5.41, 5.74) is 9.86. The molecule has 264 valence electrons. The molecule has 0 bridgehead atoms. The fourth-order valence-corrected chi connectivity index (χ4v) is 9.88. The van der Waals surface area contributed by atoms with Crippen LogP contribution < -0.4 is 0 Å². The Morgan fingerprint density at radius 2 is 0.893 bits per heavy atom. The maximum absolute atomic E-state index is 13.8. The highest BCUT2D eigenvalue weighted by Gasteiger charge is 2.24. The predicted molar refractivity (Wildman–Crippen MR) is 226 cm³/mol. The van der Waals surface area contributed by atoms with E-state index in [1.54, 1.807) is 12.1 Å². The van der Waals surface area contributed by atoms with E-state index in [4.69, 9.17) is 0 Å². The molecule has 0 spiro atoms. The van der Waals surface area contributed by atoms with E-state index < -0.39 is 9.84 Å². The van der Waals surface area contributed by atoms with Gasteiger partial charge in [0.05, 0.1) is 54.5 Å². The quantitative estimate of drug-likeness (QED) is 0.176. The lowest BCUT2D eigenvalue weighted by Gasteiger charge is -2.12. The standard InChI is InChI=1S/C49H30N4O2S/c50-31-32-19-23-36(24-20-32)56(54,55)37-25-21-35(22-26-37)53-47-30-46-41(38-15-7-9-17-43(38)52(46)34-13-5-2-6-14-34)29-42(47)39-27-28-45-48(49(39)53)40-16-8-10-18-44(40)51(45)33-11-3-1-4-12-33/h1-30H. The first-order chi connectivity index (χ1) is 27.5. The Bertz CT molecular complexity index is 3520. The van der Waals surface area contributed by atoms with E-state index >= 15 is 0 Å². The Morgan fingerprint density at radius 1 is 0.393 bits per heavy atom. The number of hydrogen-bond donors (Lipinski definition) is 0. The lowest BCUT2D eigenvalue weighted by molar-refractivity contribution is 0.596. The summed E-state index contributed by atoms with van der Waals surface area (Å²) >= 11 is 0. The van der Waals surface area contributed by atoms with Crippen LogP contribution in [0.15, 0.2) is 192 Å². The Kier molecular flexibility index (Phi) is 6.90.